The van der Waals surface area contributed by atoms with Gasteiger partial charge in [0.1, 0.15) is 15.1 Å². The summed E-state index contributed by atoms with van der Waals surface area (Å²) in [7, 11) is 0. The van der Waals surface area contributed by atoms with E-state index in [0.717, 1.165) is 24.7 Å². The lowest BCUT2D eigenvalue weighted by atomic mass is 10.0. The highest BCUT2D eigenvalue weighted by Gasteiger charge is 2.23. The third-order valence-corrected chi connectivity index (χ3v) is 4.64. The van der Waals surface area contributed by atoms with Gasteiger partial charge in [0, 0.05) is 5.92 Å². The van der Waals surface area contributed by atoms with Crippen molar-refractivity contribution in [3.8, 4) is 11.5 Å². The number of halogens is 2. The molecule has 1 aliphatic carbocycles. The molecule has 2 aromatic heterocycles. The van der Waals surface area contributed by atoms with Crippen molar-refractivity contribution in [3.63, 3.8) is 0 Å². The molecule has 1 fully saturated rings. The van der Waals surface area contributed by atoms with Crippen molar-refractivity contribution in [3.05, 3.63) is 43.8 Å². The average Bonchev–Trinajstić information content (AvgIpc) is 2.96. The predicted octanol–water partition coefficient (Wildman–Crippen LogP) is 3.23. The second-order valence-electron chi connectivity index (χ2n) is 4.96. The predicted molar refractivity (Wildman–Crippen MR) is 82.0 cm³/mol. The van der Waals surface area contributed by atoms with E-state index < -0.39 is 5.82 Å². The highest BCUT2D eigenvalue weighted by Crippen LogP contribution is 2.34. The Morgan fingerprint density at radius 1 is 1.30 bits per heavy atom. The van der Waals surface area contributed by atoms with E-state index in [1.54, 1.807) is 0 Å². The van der Waals surface area contributed by atoms with Gasteiger partial charge >= 0.3 is 0 Å². The Kier molecular flexibility index (Phi) is 3.82. The molecule has 0 aromatic carbocycles. The Labute approximate surface area is 129 Å². The van der Waals surface area contributed by atoms with E-state index in [-0.39, 0.29) is 5.56 Å². The lowest BCUT2D eigenvalue weighted by molar-refractivity contribution is 0.621. The minimum atomic E-state index is -0.405. The molecule has 0 saturated heterocycles. The molecule has 0 unspecified atom stereocenters. The SMILES string of the molecule is O=c1[nH]c(-c2ccc(F)cn2)nc(C2CCCC2)c1I. The molecule has 1 saturated carbocycles. The van der Waals surface area contributed by atoms with Crippen molar-refractivity contribution in [2.24, 2.45) is 0 Å². The van der Waals surface area contributed by atoms with Crippen molar-refractivity contribution in [1.29, 1.82) is 0 Å². The van der Waals surface area contributed by atoms with Gasteiger partial charge in [-0.1, -0.05) is 12.8 Å². The van der Waals surface area contributed by atoms with Crippen LogP contribution in [0.15, 0.2) is 23.1 Å². The second kappa shape index (κ2) is 5.59. The third-order valence-electron chi connectivity index (χ3n) is 3.60. The Balaban J connectivity index is 2.08. The first kappa shape index (κ1) is 13.7. The van der Waals surface area contributed by atoms with Gasteiger partial charge in [0.2, 0.25) is 0 Å². The maximum Gasteiger partial charge on any atom is 0.264 e. The summed E-state index contributed by atoms with van der Waals surface area (Å²) in [6, 6.07) is 2.84. The van der Waals surface area contributed by atoms with E-state index in [4.69, 9.17) is 0 Å². The molecule has 0 radical (unpaired) electrons. The minimum absolute atomic E-state index is 0.149. The van der Waals surface area contributed by atoms with E-state index in [1.807, 2.05) is 22.6 Å². The summed E-state index contributed by atoms with van der Waals surface area (Å²) in [4.78, 5) is 23.3. The van der Waals surface area contributed by atoms with Crippen LogP contribution in [0.5, 0.6) is 0 Å². The molecular formula is C14H13FIN3O. The number of hydrogen-bond acceptors (Lipinski definition) is 3. The Bertz CT molecular complexity index is 678. The number of aromatic nitrogens is 3. The molecule has 0 spiro atoms. The van der Waals surface area contributed by atoms with Crippen LogP contribution >= 0.6 is 22.6 Å². The molecule has 4 nitrogen and oxygen atoms in total. The lowest BCUT2D eigenvalue weighted by Crippen LogP contribution is -2.18. The molecule has 1 N–H and O–H groups in total. The van der Waals surface area contributed by atoms with Crippen molar-refractivity contribution >= 4 is 22.6 Å². The minimum Gasteiger partial charge on any atom is -0.304 e. The first-order valence-corrected chi connectivity index (χ1v) is 7.64. The molecule has 0 aliphatic heterocycles. The molecule has 3 rings (SSSR count). The lowest BCUT2D eigenvalue weighted by Gasteiger charge is -2.11. The van der Waals surface area contributed by atoms with E-state index in [0.29, 0.717) is 21.0 Å². The second-order valence-corrected chi connectivity index (χ2v) is 6.04. The molecule has 0 amide bonds. The van der Waals surface area contributed by atoms with E-state index in [1.165, 1.54) is 25.0 Å². The smallest absolute Gasteiger partial charge is 0.264 e. The zero-order valence-electron chi connectivity index (χ0n) is 10.7. The summed E-state index contributed by atoms with van der Waals surface area (Å²) in [6.07, 6.45) is 5.63. The summed E-state index contributed by atoms with van der Waals surface area (Å²) < 4.78 is 13.6. The Morgan fingerprint density at radius 3 is 2.70 bits per heavy atom. The highest BCUT2D eigenvalue weighted by molar-refractivity contribution is 14.1. The highest BCUT2D eigenvalue weighted by atomic mass is 127. The first-order valence-electron chi connectivity index (χ1n) is 6.57. The zero-order chi connectivity index (χ0) is 14.1. The van der Waals surface area contributed by atoms with Crippen LogP contribution in [0.4, 0.5) is 4.39 Å². The number of hydrogen-bond donors (Lipinski definition) is 1. The van der Waals surface area contributed by atoms with Gasteiger partial charge in [-0.25, -0.2) is 14.4 Å². The molecular weight excluding hydrogens is 372 g/mol. The number of pyridine rings is 1. The largest absolute Gasteiger partial charge is 0.304 e. The van der Waals surface area contributed by atoms with Crippen molar-refractivity contribution < 1.29 is 4.39 Å². The van der Waals surface area contributed by atoms with Crippen LogP contribution in [0.3, 0.4) is 0 Å². The number of nitrogens with zero attached hydrogens (tertiary/aromatic N) is 2. The van der Waals surface area contributed by atoms with Crippen LogP contribution in [0, 0.1) is 9.39 Å². The standard InChI is InChI=1S/C14H13FIN3O/c15-9-5-6-10(17-7-9)13-18-12(8-3-1-2-4-8)11(16)14(20)19-13/h5-8H,1-4H2,(H,18,19,20). The molecule has 104 valence electrons. The fourth-order valence-corrected chi connectivity index (χ4v) is 3.28. The third kappa shape index (κ3) is 2.61. The van der Waals surface area contributed by atoms with Gasteiger partial charge in [-0.2, -0.15) is 0 Å². The fraction of sp³-hybridized carbons (Fsp3) is 0.357. The summed E-state index contributed by atoms with van der Waals surface area (Å²) in [5.41, 5.74) is 1.19. The summed E-state index contributed by atoms with van der Waals surface area (Å²) in [5.74, 6) is 0.360. The monoisotopic (exact) mass is 385 g/mol. The van der Waals surface area contributed by atoms with Gasteiger partial charge in [-0.3, -0.25) is 4.79 Å². The van der Waals surface area contributed by atoms with Crippen LogP contribution in [-0.2, 0) is 0 Å². The number of H-pyrrole nitrogens is 1. The molecule has 2 aromatic rings. The maximum atomic E-state index is 12.9. The summed E-state index contributed by atoms with van der Waals surface area (Å²) >= 11 is 2.05. The van der Waals surface area contributed by atoms with E-state index >= 15 is 0 Å². The van der Waals surface area contributed by atoms with Gasteiger partial charge in [-0.15, -0.1) is 0 Å². The zero-order valence-corrected chi connectivity index (χ0v) is 12.9. The van der Waals surface area contributed by atoms with Gasteiger partial charge in [0.15, 0.2) is 5.82 Å². The van der Waals surface area contributed by atoms with Gasteiger partial charge in [0.25, 0.3) is 5.56 Å². The molecule has 0 atom stereocenters. The van der Waals surface area contributed by atoms with Gasteiger partial charge < -0.3 is 4.98 Å². The van der Waals surface area contributed by atoms with Crippen molar-refractivity contribution in [1.82, 2.24) is 15.0 Å². The van der Waals surface area contributed by atoms with Crippen molar-refractivity contribution in [2.45, 2.75) is 31.6 Å². The van der Waals surface area contributed by atoms with Crippen LogP contribution in [0.2, 0.25) is 0 Å². The fourth-order valence-electron chi connectivity index (χ4n) is 2.58. The molecule has 1 aliphatic rings. The molecule has 2 heterocycles. The number of rotatable bonds is 2. The maximum absolute atomic E-state index is 12.9. The number of aromatic amines is 1. The van der Waals surface area contributed by atoms with E-state index in [2.05, 4.69) is 15.0 Å². The first-order chi connectivity index (χ1) is 9.65. The van der Waals surface area contributed by atoms with Crippen LogP contribution in [0.1, 0.15) is 37.3 Å². The average molecular weight is 385 g/mol. The summed E-state index contributed by atoms with van der Waals surface area (Å²) in [6.45, 7) is 0. The molecule has 0 bridgehead atoms. The number of nitrogens with one attached hydrogen (secondary N) is 1. The quantitative estimate of drug-likeness (QED) is 0.808. The van der Waals surface area contributed by atoms with Gasteiger partial charge in [0.05, 0.1) is 11.9 Å². The molecule has 20 heavy (non-hydrogen) atoms. The molecule has 6 heteroatoms. The van der Waals surface area contributed by atoms with Crippen LogP contribution < -0.4 is 5.56 Å². The van der Waals surface area contributed by atoms with Crippen molar-refractivity contribution in [2.75, 3.05) is 0 Å². The Morgan fingerprint density at radius 2 is 2.05 bits per heavy atom. The normalized spacial score (nSPS) is 15.7. The van der Waals surface area contributed by atoms with Crippen LogP contribution in [-0.4, -0.2) is 15.0 Å². The van der Waals surface area contributed by atoms with Gasteiger partial charge in [-0.05, 0) is 47.6 Å². The summed E-state index contributed by atoms with van der Waals surface area (Å²) in [5, 5.41) is 0. The Hall–Kier alpha value is -1.31. The topological polar surface area (TPSA) is 58.6 Å². The van der Waals surface area contributed by atoms with E-state index in [9.17, 15) is 9.18 Å². The van der Waals surface area contributed by atoms with Crippen LogP contribution in [0.25, 0.3) is 11.5 Å².